The van der Waals surface area contributed by atoms with Crippen LogP contribution in [0.25, 0.3) is 0 Å². The average molecular weight is 474 g/mol. The standard InChI is InChI=1S/C24H28NO5PS/c1-29-21-12-8-19(9-13-21)17-25(18-20-10-14-22(30-2)15-11-20)32(27,28)24-7-5-6-23(16-24)31(3,4)26/h5-16H,17-18H2,1-4H3. The molecule has 0 N–H and O–H groups in total. The highest BCUT2D eigenvalue weighted by molar-refractivity contribution is 7.89. The van der Waals surface area contributed by atoms with Gasteiger partial charge in [0.25, 0.3) is 0 Å². The Morgan fingerprint density at radius 2 is 1.25 bits per heavy atom. The van der Waals surface area contributed by atoms with Crippen LogP contribution in [0.15, 0.2) is 77.7 Å². The second-order valence-corrected chi connectivity index (χ2v) is 13.0. The van der Waals surface area contributed by atoms with Gasteiger partial charge in [0.1, 0.15) is 18.6 Å². The second-order valence-electron chi connectivity index (χ2n) is 7.82. The van der Waals surface area contributed by atoms with Crippen molar-refractivity contribution in [2.75, 3.05) is 27.5 Å². The number of sulfonamides is 1. The molecule has 3 rings (SSSR count). The van der Waals surface area contributed by atoms with Crippen LogP contribution in [0, 0.1) is 0 Å². The van der Waals surface area contributed by atoms with Crippen molar-refractivity contribution in [1.82, 2.24) is 4.31 Å². The Kier molecular flexibility index (Phi) is 7.44. The summed E-state index contributed by atoms with van der Waals surface area (Å²) in [5.41, 5.74) is 1.66. The molecule has 0 unspecified atom stereocenters. The summed E-state index contributed by atoms with van der Waals surface area (Å²) in [4.78, 5) is 0.126. The summed E-state index contributed by atoms with van der Waals surface area (Å²) in [5, 5.41) is 0.535. The van der Waals surface area contributed by atoms with Crippen LogP contribution in [0.1, 0.15) is 11.1 Å². The van der Waals surface area contributed by atoms with Gasteiger partial charge < -0.3 is 14.0 Å². The Labute approximate surface area is 190 Å². The maximum atomic E-state index is 13.7. The molecule has 0 aromatic heterocycles. The van der Waals surface area contributed by atoms with Crippen LogP contribution in [0.3, 0.4) is 0 Å². The molecule has 8 heteroatoms. The van der Waals surface area contributed by atoms with Gasteiger partial charge in [0.2, 0.25) is 10.0 Å². The lowest BCUT2D eigenvalue weighted by Crippen LogP contribution is -2.30. The molecule has 0 bridgehead atoms. The Balaban J connectivity index is 2.00. The number of hydrogen-bond acceptors (Lipinski definition) is 5. The highest BCUT2D eigenvalue weighted by atomic mass is 32.2. The van der Waals surface area contributed by atoms with Gasteiger partial charge in [-0.15, -0.1) is 0 Å². The second kappa shape index (κ2) is 9.90. The van der Waals surface area contributed by atoms with Gasteiger partial charge in [0.15, 0.2) is 0 Å². The first kappa shape index (κ1) is 24.1. The minimum absolute atomic E-state index is 0.126. The molecule has 32 heavy (non-hydrogen) atoms. The van der Waals surface area contributed by atoms with E-state index >= 15 is 0 Å². The van der Waals surface area contributed by atoms with Gasteiger partial charge in [-0.05, 0) is 60.9 Å². The zero-order valence-electron chi connectivity index (χ0n) is 18.7. The van der Waals surface area contributed by atoms with E-state index in [1.54, 1.807) is 70.0 Å². The van der Waals surface area contributed by atoms with Gasteiger partial charge in [-0.25, -0.2) is 8.42 Å². The zero-order valence-corrected chi connectivity index (χ0v) is 20.4. The SMILES string of the molecule is COc1ccc(CN(Cc2ccc(OC)cc2)S(=O)(=O)c2cccc(P(C)(C)=O)c2)cc1. The van der Waals surface area contributed by atoms with E-state index in [-0.39, 0.29) is 18.0 Å². The number of ether oxygens (including phenoxy) is 2. The third-order valence-electron chi connectivity index (χ3n) is 5.11. The van der Waals surface area contributed by atoms with E-state index in [9.17, 15) is 13.0 Å². The van der Waals surface area contributed by atoms with Crippen molar-refractivity contribution in [3.05, 3.63) is 83.9 Å². The Morgan fingerprint density at radius 1 is 0.781 bits per heavy atom. The Bertz CT molecular complexity index is 1150. The third kappa shape index (κ3) is 5.80. The van der Waals surface area contributed by atoms with Crippen LogP contribution >= 0.6 is 7.14 Å². The molecule has 170 valence electrons. The van der Waals surface area contributed by atoms with Crippen LogP contribution in [0.4, 0.5) is 0 Å². The summed E-state index contributed by atoms with van der Waals surface area (Å²) in [7, 11) is -3.30. The third-order valence-corrected chi connectivity index (χ3v) is 8.42. The molecule has 0 fully saturated rings. The van der Waals surface area contributed by atoms with Crippen molar-refractivity contribution in [2.45, 2.75) is 18.0 Å². The molecule has 0 aliphatic rings. The Morgan fingerprint density at radius 3 is 1.66 bits per heavy atom. The first-order valence-electron chi connectivity index (χ1n) is 10.0. The fourth-order valence-corrected chi connectivity index (χ4v) is 5.67. The predicted molar refractivity (Wildman–Crippen MR) is 128 cm³/mol. The summed E-state index contributed by atoms with van der Waals surface area (Å²) < 4.78 is 51.7. The molecule has 3 aromatic rings. The molecule has 0 saturated heterocycles. The first-order chi connectivity index (χ1) is 15.1. The van der Waals surface area contributed by atoms with Crippen molar-refractivity contribution in [1.29, 1.82) is 0 Å². The van der Waals surface area contributed by atoms with E-state index < -0.39 is 17.2 Å². The normalized spacial score (nSPS) is 12.0. The number of benzene rings is 3. The molecule has 0 atom stereocenters. The van der Waals surface area contributed by atoms with E-state index in [1.807, 2.05) is 24.3 Å². The van der Waals surface area contributed by atoms with Crippen LogP contribution in [-0.2, 0) is 27.7 Å². The molecular formula is C24H28NO5PS. The van der Waals surface area contributed by atoms with Gasteiger partial charge in [0.05, 0.1) is 19.1 Å². The van der Waals surface area contributed by atoms with Gasteiger partial charge in [0, 0.05) is 18.4 Å². The quantitative estimate of drug-likeness (QED) is 0.432. The topological polar surface area (TPSA) is 72.9 Å². The van der Waals surface area contributed by atoms with Crippen molar-refractivity contribution in [3.8, 4) is 11.5 Å². The molecule has 6 nitrogen and oxygen atoms in total. The van der Waals surface area contributed by atoms with Gasteiger partial charge in [-0.3, -0.25) is 0 Å². The first-order valence-corrected chi connectivity index (χ1v) is 14.1. The molecule has 0 aliphatic heterocycles. The number of nitrogens with zero attached hydrogens (tertiary/aromatic N) is 1. The van der Waals surface area contributed by atoms with E-state index in [0.29, 0.717) is 16.8 Å². The van der Waals surface area contributed by atoms with Crippen LogP contribution < -0.4 is 14.8 Å². The maximum absolute atomic E-state index is 13.7. The van der Waals surface area contributed by atoms with E-state index in [4.69, 9.17) is 9.47 Å². The molecule has 0 amide bonds. The van der Waals surface area contributed by atoms with Crippen LogP contribution in [0.5, 0.6) is 11.5 Å². The summed E-state index contributed by atoms with van der Waals surface area (Å²) in [5.74, 6) is 1.40. The lowest BCUT2D eigenvalue weighted by molar-refractivity contribution is 0.397. The zero-order chi connectivity index (χ0) is 23.4. The van der Waals surface area contributed by atoms with Crippen molar-refractivity contribution in [2.24, 2.45) is 0 Å². The minimum Gasteiger partial charge on any atom is -0.497 e. The van der Waals surface area contributed by atoms with Gasteiger partial charge in [-0.1, -0.05) is 36.4 Å². The van der Waals surface area contributed by atoms with Crippen LogP contribution in [0.2, 0.25) is 0 Å². The smallest absolute Gasteiger partial charge is 0.243 e. The van der Waals surface area contributed by atoms with Gasteiger partial charge in [-0.2, -0.15) is 4.31 Å². The summed E-state index contributed by atoms with van der Waals surface area (Å²) >= 11 is 0. The molecule has 0 aliphatic carbocycles. The lowest BCUT2D eigenvalue weighted by Gasteiger charge is -2.23. The molecular weight excluding hydrogens is 445 g/mol. The number of methoxy groups -OCH3 is 2. The summed E-state index contributed by atoms with van der Waals surface area (Å²) in [6.45, 7) is 3.62. The predicted octanol–water partition coefficient (Wildman–Crippen LogP) is 4.34. The molecule has 0 heterocycles. The van der Waals surface area contributed by atoms with Crippen molar-refractivity contribution in [3.63, 3.8) is 0 Å². The number of hydrogen-bond donors (Lipinski definition) is 0. The highest BCUT2D eigenvalue weighted by Crippen LogP contribution is 2.35. The minimum atomic E-state index is -3.86. The highest BCUT2D eigenvalue weighted by Gasteiger charge is 2.26. The largest absolute Gasteiger partial charge is 0.497 e. The maximum Gasteiger partial charge on any atom is 0.243 e. The fourth-order valence-electron chi connectivity index (χ4n) is 3.22. The van der Waals surface area contributed by atoms with E-state index in [0.717, 1.165) is 11.1 Å². The molecule has 3 aromatic carbocycles. The lowest BCUT2D eigenvalue weighted by atomic mass is 10.2. The van der Waals surface area contributed by atoms with Crippen molar-refractivity contribution < 1.29 is 22.5 Å². The number of rotatable bonds is 9. The van der Waals surface area contributed by atoms with E-state index in [1.165, 1.54) is 10.4 Å². The van der Waals surface area contributed by atoms with Crippen molar-refractivity contribution >= 4 is 22.5 Å². The monoisotopic (exact) mass is 473 g/mol. The molecule has 0 radical (unpaired) electrons. The van der Waals surface area contributed by atoms with E-state index in [2.05, 4.69) is 0 Å². The average Bonchev–Trinajstić information content (AvgIpc) is 2.79. The summed E-state index contributed by atoms with van der Waals surface area (Å²) in [6, 6.07) is 21.0. The Hall–Kier alpha value is -2.60. The van der Waals surface area contributed by atoms with Gasteiger partial charge >= 0.3 is 0 Å². The summed E-state index contributed by atoms with van der Waals surface area (Å²) in [6.07, 6.45) is 0. The fraction of sp³-hybridized carbons (Fsp3) is 0.250. The molecule has 0 spiro atoms. The molecule has 0 saturated carbocycles. The van der Waals surface area contributed by atoms with Crippen LogP contribution in [-0.4, -0.2) is 40.3 Å².